The van der Waals surface area contributed by atoms with Crippen LogP contribution in [0.2, 0.25) is 0 Å². The Labute approximate surface area is 336 Å². The van der Waals surface area contributed by atoms with E-state index in [0.717, 1.165) is 89.9 Å². The van der Waals surface area contributed by atoms with Crippen molar-refractivity contribution in [3.8, 4) is 0 Å². The molecule has 0 aromatic carbocycles. The smallest absolute Gasteiger partial charge is 0.306 e. The van der Waals surface area contributed by atoms with Gasteiger partial charge in [-0.25, -0.2) is 0 Å². The molecule has 0 bridgehead atoms. The van der Waals surface area contributed by atoms with Crippen LogP contribution in [-0.4, -0.2) is 70.0 Å². The number of rotatable bonds is 37. The molecule has 0 amide bonds. The maximum absolute atomic E-state index is 12.6. The van der Waals surface area contributed by atoms with Gasteiger partial charge in [0.2, 0.25) is 0 Å². The fourth-order valence-electron chi connectivity index (χ4n) is 5.14. The normalized spacial score (nSPS) is 14.4. The second-order valence-electron chi connectivity index (χ2n) is 15.0. The molecule has 0 aromatic rings. The van der Waals surface area contributed by atoms with E-state index in [-0.39, 0.29) is 26.1 Å². The van der Waals surface area contributed by atoms with E-state index >= 15 is 0 Å². The average Bonchev–Trinajstić information content (AvgIpc) is 3.13. The monoisotopic (exact) mass is 792 g/mol. The highest BCUT2D eigenvalue weighted by Crippen LogP contribution is 2.38. The molecule has 0 aliphatic rings. The molecule has 0 aliphatic heterocycles. The van der Waals surface area contributed by atoms with Crippen LogP contribution >= 0.6 is 7.82 Å². The third-order valence-corrected chi connectivity index (χ3v) is 9.42. The van der Waals surface area contributed by atoms with E-state index in [4.69, 9.17) is 18.5 Å². The molecule has 2 unspecified atom stereocenters. The van der Waals surface area contributed by atoms with E-state index < -0.39 is 32.5 Å². The number of phosphoric ester groups is 1. The lowest BCUT2D eigenvalue weighted by atomic mass is 10.1. The summed E-state index contributed by atoms with van der Waals surface area (Å²) in [5.41, 5.74) is 0. The predicted octanol–water partition coefficient (Wildman–Crippen LogP) is 11.2. The molecule has 0 N–H and O–H groups in total. The van der Waals surface area contributed by atoms with Crippen LogP contribution in [-0.2, 0) is 32.7 Å². The Bertz CT molecular complexity index is 1170. The Hall–Kier alpha value is -2.55. The zero-order chi connectivity index (χ0) is 40.7. The zero-order valence-corrected chi connectivity index (χ0v) is 36.2. The lowest BCUT2D eigenvalue weighted by Crippen LogP contribution is -2.37. The summed E-state index contributed by atoms with van der Waals surface area (Å²) >= 11 is 0. The van der Waals surface area contributed by atoms with Gasteiger partial charge >= 0.3 is 11.9 Å². The largest absolute Gasteiger partial charge is 0.756 e. The number of quaternary nitrogens is 1. The van der Waals surface area contributed by atoms with Gasteiger partial charge in [0.1, 0.15) is 19.8 Å². The molecular weight excluding hydrogens is 713 g/mol. The number of phosphoric acid groups is 1. The van der Waals surface area contributed by atoms with Crippen molar-refractivity contribution in [2.45, 2.75) is 155 Å². The van der Waals surface area contributed by atoms with Gasteiger partial charge in [0.05, 0.1) is 27.7 Å². The molecule has 0 radical (unpaired) electrons. The van der Waals surface area contributed by atoms with Crippen molar-refractivity contribution in [1.29, 1.82) is 0 Å². The molecule has 0 spiro atoms. The first-order valence-electron chi connectivity index (χ1n) is 21.1. The van der Waals surface area contributed by atoms with Crippen LogP contribution in [0.4, 0.5) is 0 Å². The quantitative estimate of drug-likeness (QED) is 0.0201. The van der Waals surface area contributed by atoms with Crippen molar-refractivity contribution in [2.75, 3.05) is 47.5 Å². The van der Waals surface area contributed by atoms with Crippen molar-refractivity contribution >= 4 is 19.8 Å². The summed E-state index contributed by atoms with van der Waals surface area (Å²) in [7, 11) is 1.12. The Balaban J connectivity index is 4.47. The summed E-state index contributed by atoms with van der Waals surface area (Å²) in [5.74, 6) is -0.891. The molecule has 0 heterocycles. The summed E-state index contributed by atoms with van der Waals surface area (Å²) in [6, 6.07) is 0. The van der Waals surface area contributed by atoms with Gasteiger partial charge < -0.3 is 27.9 Å². The minimum atomic E-state index is -4.64. The molecule has 0 rings (SSSR count). The first-order valence-corrected chi connectivity index (χ1v) is 22.6. The van der Waals surface area contributed by atoms with Gasteiger partial charge in [-0.3, -0.25) is 14.2 Å². The van der Waals surface area contributed by atoms with E-state index in [1.807, 2.05) is 21.1 Å². The predicted molar refractivity (Wildman–Crippen MR) is 226 cm³/mol. The molecule has 316 valence electrons. The highest BCUT2D eigenvalue weighted by atomic mass is 31.2. The zero-order valence-electron chi connectivity index (χ0n) is 35.3. The average molecular weight is 792 g/mol. The van der Waals surface area contributed by atoms with E-state index in [9.17, 15) is 19.0 Å². The van der Waals surface area contributed by atoms with Gasteiger partial charge in [-0.05, 0) is 83.5 Å². The van der Waals surface area contributed by atoms with Crippen LogP contribution < -0.4 is 4.89 Å². The SMILES string of the molecule is CC/C=C\C/C=C\C/C=C\C/C=C\C/C=C\CCCCCC(=O)OC(COC(=O)CCCCCCC/C=C\CCCCC)COP(=O)([O-])OCC[N+](C)(C)C. The standard InChI is InChI=1S/C45H78NO8P/c1-6-8-10-12-14-16-18-20-21-22-23-24-25-26-28-30-32-34-36-38-45(48)54-43(42-53-55(49,50)52-40-39-46(3,4)5)41-51-44(47)37-35-33-31-29-27-19-17-15-13-11-9-7-2/h8,10,14-17,20-21,23-24,26,28,43H,6-7,9,11-13,18-19,22,25,27,29-42H2,1-5H3/b10-8-,16-14-,17-15-,21-20-,24-23-,28-26-. The Morgan fingerprint density at radius 1 is 0.582 bits per heavy atom. The maximum Gasteiger partial charge on any atom is 0.306 e. The van der Waals surface area contributed by atoms with E-state index in [0.29, 0.717) is 23.9 Å². The number of allylic oxidation sites excluding steroid dienone is 12. The van der Waals surface area contributed by atoms with Gasteiger partial charge in [0, 0.05) is 12.8 Å². The Kier molecular flexibility index (Phi) is 35.3. The third kappa shape index (κ3) is 40.9. The van der Waals surface area contributed by atoms with Crippen LogP contribution in [0.1, 0.15) is 149 Å². The molecule has 0 aromatic heterocycles. The maximum atomic E-state index is 12.6. The topological polar surface area (TPSA) is 111 Å². The van der Waals surface area contributed by atoms with Crippen molar-refractivity contribution in [3.05, 3.63) is 72.9 Å². The summed E-state index contributed by atoms with van der Waals surface area (Å²) < 4.78 is 33.8. The van der Waals surface area contributed by atoms with E-state index in [1.54, 1.807) is 0 Å². The fraction of sp³-hybridized carbons (Fsp3) is 0.689. The summed E-state index contributed by atoms with van der Waals surface area (Å²) in [4.78, 5) is 37.4. The van der Waals surface area contributed by atoms with Gasteiger partial charge in [-0.1, -0.05) is 125 Å². The number of hydrogen-bond donors (Lipinski definition) is 0. The van der Waals surface area contributed by atoms with Gasteiger partial charge in [0.15, 0.2) is 6.10 Å². The van der Waals surface area contributed by atoms with Crippen LogP contribution in [0.15, 0.2) is 72.9 Å². The van der Waals surface area contributed by atoms with Crippen LogP contribution in [0.3, 0.4) is 0 Å². The van der Waals surface area contributed by atoms with E-state index in [2.05, 4.69) is 86.8 Å². The molecule has 0 aliphatic carbocycles. The van der Waals surface area contributed by atoms with E-state index in [1.165, 1.54) is 19.3 Å². The fourth-order valence-corrected chi connectivity index (χ4v) is 5.87. The number of ether oxygens (including phenoxy) is 2. The van der Waals surface area contributed by atoms with Crippen LogP contribution in [0.25, 0.3) is 0 Å². The highest BCUT2D eigenvalue weighted by Gasteiger charge is 2.21. The Morgan fingerprint density at radius 3 is 1.58 bits per heavy atom. The molecule has 0 fully saturated rings. The number of unbranched alkanes of at least 4 members (excludes halogenated alkanes) is 11. The summed E-state index contributed by atoms with van der Waals surface area (Å²) in [5, 5.41) is 0. The number of esters is 2. The number of likely N-dealkylation sites (N-methyl/N-ethyl adjacent to an activating group) is 1. The first kappa shape index (κ1) is 52.5. The third-order valence-electron chi connectivity index (χ3n) is 8.46. The van der Waals surface area contributed by atoms with Crippen molar-refractivity contribution in [3.63, 3.8) is 0 Å². The molecule has 0 saturated carbocycles. The summed E-state index contributed by atoms with van der Waals surface area (Å²) in [6.07, 6.45) is 45.0. The minimum absolute atomic E-state index is 0.0426. The number of carbonyl (C=O) groups excluding carboxylic acids is 2. The lowest BCUT2D eigenvalue weighted by molar-refractivity contribution is -0.870. The molecule has 0 saturated heterocycles. The number of nitrogens with zero attached hydrogens (tertiary/aromatic N) is 1. The molecule has 55 heavy (non-hydrogen) atoms. The van der Waals surface area contributed by atoms with Crippen molar-refractivity contribution in [2.24, 2.45) is 0 Å². The molecule has 10 heteroatoms. The molecule has 9 nitrogen and oxygen atoms in total. The van der Waals surface area contributed by atoms with Crippen molar-refractivity contribution < 1.29 is 42.1 Å². The van der Waals surface area contributed by atoms with Crippen molar-refractivity contribution in [1.82, 2.24) is 0 Å². The first-order chi connectivity index (χ1) is 26.5. The van der Waals surface area contributed by atoms with Gasteiger partial charge in [-0.2, -0.15) is 0 Å². The van der Waals surface area contributed by atoms with Crippen LogP contribution in [0.5, 0.6) is 0 Å². The summed E-state index contributed by atoms with van der Waals surface area (Å²) in [6.45, 7) is 4.01. The second-order valence-corrected chi connectivity index (χ2v) is 16.4. The second kappa shape index (κ2) is 37.1. The Morgan fingerprint density at radius 2 is 1.04 bits per heavy atom. The lowest BCUT2D eigenvalue weighted by Gasteiger charge is -2.28. The molecular formula is C45H78NO8P. The highest BCUT2D eigenvalue weighted by molar-refractivity contribution is 7.45. The minimum Gasteiger partial charge on any atom is -0.756 e. The number of hydrogen-bond acceptors (Lipinski definition) is 8. The van der Waals surface area contributed by atoms with Gasteiger partial charge in [0.25, 0.3) is 7.82 Å². The number of carbonyl (C=O) groups is 2. The van der Waals surface area contributed by atoms with Crippen LogP contribution in [0, 0.1) is 0 Å². The van der Waals surface area contributed by atoms with Gasteiger partial charge in [-0.15, -0.1) is 0 Å². The molecule has 2 atom stereocenters.